The van der Waals surface area contributed by atoms with Gasteiger partial charge in [-0.2, -0.15) is 0 Å². The van der Waals surface area contributed by atoms with Gasteiger partial charge in [0.05, 0.1) is 4.90 Å². The topological polar surface area (TPSA) is 57.2 Å². The molecular weight excluding hydrogens is 247 g/mol. The molecule has 0 aliphatic heterocycles. The second kappa shape index (κ2) is 6.34. The van der Waals surface area contributed by atoms with Gasteiger partial charge in [0.1, 0.15) is 10.1 Å². The summed E-state index contributed by atoms with van der Waals surface area (Å²) >= 11 is 0. The van der Waals surface area contributed by atoms with Gasteiger partial charge in [-0.1, -0.05) is 31.4 Å². The first-order chi connectivity index (χ1) is 7.57. The third-order valence-corrected chi connectivity index (χ3v) is 4.09. The number of hydrogen-bond acceptors (Lipinski definition) is 3. The van der Waals surface area contributed by atoms with Crippen molar-refractivity contribution in [1.82, 2.24) is 0 Å². The fourth-order valence-electron chi connectivity index (χ4n) is 2.34. The quantitative estimate of drug-likeness (QED) is 0.540. The van der Waals surface area contributed by atoms with E-state index >= 15 is 0 Å². The van der Waals surface area contributed by atoms with E-state index in [0.29, 0.717) is 5.92 Å². The molecule has 0 heterocycles. The minimum Gasteiger partial charge on any atom is -0.744 e. The molecule has 1 aliphatic rings. The van der Waals surface area contributed by atoms with Gasteiger partial charge in [-0.15, -0.1) is 0 Å². The Kier molecular flexibility index (Phi) is 5.67. The molecule has 2 rings (SSSR count). The standard InChI is InChI=1S/C12H16O3S.Na/c13-16(14,15)12-8-6-11(7-9-12)10-4-2-1-3-5-10;/h6-10H,1-5H2,(H,13,14,15);/q;+1/p-1. The summed E-state index contributed by atoms with van der Waals surface area (Å²) in [5, 5.41) is 0. The largest absolute Gasteiger partial charge is 1.00 e. The first kappa shape index (κ1) is 15.2. The SMILES string of the molecule is O=S(=O)([O-])c1ccc(C2CCCCC2)cc1.[Na+]. The van der Waals surface area contributed by atoms with Crippen molar-refractivity contribution in [2.24, 2.45) is 0 Å². The van der Waals surface area contributed by atoms with Gasteiger partial charge in [-0.3, -0.25) is 0 Å². The zero-order valence-corrected chi connectivity index (χ0v) is 12.9. The second-order valence-corrected chi connectivity index (χ2v) is 5.74. The van der Waals surface area contributed by atoms with Crippen LogP contribution in [0.3, 0.4) is 0 Å². The van der Waals surface area contributed by atoms with Crippen LogP contribution in [0, 0.1) is 0 Å². The van der Waals surface area contributed by atoms with Crippen LogP contribution in [0.5, 0.6) is 0 Å². The van der Waals surface area contributed by atoms with Crippen molar-refractivity contribution in [3.05, 3.63) is 29.8 Å². The van der Waals surface area contributed by atoms with Crippen molar-refractivity contribution >= 4 is 10.1 Å². The van der Waals surface area contributed by atoms with Gasteiger partial charge in [-0.05, 0) is 36.5 Å². The van der Waals surface area contributed by atoms with E-state index < -0.39 is 10.1 Å². The molecule has 5 heteroatoms. The van der Waals surface area contributed by atoms with Crippen LogP contribution in [-0.4, -0.2) is 13.0 Å². The molecular formula is C12H15NaO3S. The molecule has 0 aromatic heterocycles. The summed E-state index contributed by atoms with van der Waals surface area (Å²) in [5.74, 6) is 0.539. The van der Waals surface area contributed by atoms with Gasteiger partial charge in [0.25, 0.3) is 0 Å². The minimum absolute atomic E-state index is 0. The molecule has 17 heavy (non-hydrogen) atoms. The van der Waals surface area contributed by atoms with Crippen molar-refractivity contribution < 1.29 is 42.5 Å². The Labute approximate surface area is 125 Å². The molecule has 0 unspecified atom stereocenters. The summed E-state index contributed by atoms with van der Waals surface area (Å²) < 4.78 is 32.3. The molecule has 0 atom stereocenters. The molecule has 0 amide bonds. The first-order valence-electron chi connectivity index (χ1n) is 5.63. The molecule has 3 nitrogen and oxygen atoms in total. The van der Waals surface area contributed by atoms with E-state index in [1.54, 1.807) is 12.1 Å². The van der Waals surface area contributed by atoms with Crippen molar-refractivity contribution in [2.45, 2.75) is 42.9 Å². The van der Waals surface area contributed by atoms with Gasteiger partial charge in [0.15, 0.2) is 0 Å². The summed E-state index contributed by atoms with van der Waals surface area (Å²) in [6, 6.07) is 6.40. The summed E-state index contributed by atoms with van der Waals surface area (Å²) in [6.07, 6.45) is 6.12. The van der Waals surface area contributed by atoms with Gasteiger partial charge in [0, 0.05) is 0 Å². The van der Waals surface area contributed by atoms with Crippen LogP contribution < -0.4 is 29.6 Å². The van der Waals surface area contributed by atoms with E-state index in [2.05, 4.69) is 0 Å². The van der Waals surface area contributed by atoms with E-state index in [1.165, 1.54) is 44.2 Å². The van der Waals surface area contributed by atoms with Crippen LogP contribution >= 0.6 is 0 Å². The molecule has 1 fully saturated rings. The molecule has 0 spiro atoms. The zero-order valence-electron chi connectivity index (χ0n) is 10.1. The minimum atomic E-state index is -4.30. The molecule has 0 radical (unpaired) electrons. The van der Waals surface area contributed by atoms with E-state index in [1.807, 2.05) is 0 Å². The third kappa shape index (κ3) is 4.07. The summed E-state index contributed by atoms with van der Waals surface area (Å²) in [7, 11) is -4.30. The van der Waals surface area contributed by atoms with Crippen molar-refractivity contribution in [1.29, 1.82) is 0 Å². The molecule has 88 valence electrons. The fraction of sp³-hybridized carbons (Fsp3) is 0.500. The van der Waals surface area contributed by atoms with Crippen molar-refractivity contribution in [3.63, 3.8) is 0 Å². The average molecular weight is 262 g/mol. The maximum atomic E-state index is 10.8. The Bertz CT molecular complexity index is 447. The molecule has 1 aromatic rings. The average Bonchev–Trinajstić information content (AvgIpc) is 2.29. The summed E-state index contributed by atoms with van der Waals surface area (Å²) in [6.45, 7) is 0. The third-order valence-electron chi connectivity index (χ3n) is 3.25. The van der Waals surface area contributed by atoms with E-state index in [0.717, 1.165) is 5.56 Å². The van der Waals surface area contributed by atoms with Gasteiger partial charge in [-0.25, -0.2) is 8.42 Å². The van der Waals surface area contributed by atoms with Gasteiger partial charge in [0.2, 0.25) is 0 Å². The van der Waals surface area contributed by atoms with E-state index in [9.17, 15) is 13.0 Å². The summed E-state index contributed by atoms with van der Waals surface area (Å²) in [5.41, 5.74) is 1.16. The molecule has 0 bridgehead atoms. The molecule has 1 aromatic carbocycles. The normalized spacial score (nSPS) is 17.5. The maximum Gasteiger partial charge on any atom is 1.00 e. The molecule has 0 saturated heterocycles. The van der Waals surface area contributed by atoms with Crippen LogP contribution in [-0.2, 0) is 10.1 Å². The van der Waals surface area contributed by atoms with Gasteiger partial charge < -0.3 is 4.55 Å². The van der Waals surface area contributed by atoms with Crippen molar-refractivity contribution in [3.8, 4) is 0 Å². The number of rotatable bonds is 2. The second-order valence-electron chi connectivity index (χ2n) is 4.36. The van der Waals surface area contributed by atoms with Crippen LogP contribution in [0.4, 0.5) is 0 Å². The Morgan fingerprint density at radius 2 is 1.53 bits per heavy atom. The summed E-state index contributed by atoms with van der Waals surface area (Å²) in [4.78, 5) is -0.132. The molecule has 1 aliphatic carbocycles. The van der Waals surface area contributed by atoms with Crippen LogP contribution in [0.1, 0.15) is 43.6 Å². The van der Waals surface area contributed by atoms with Crippen LogP contribution in [0.2, 0.25) is 0 Å². The van der Waals surface area contributed by atoms with E-state index in [-0.39, 0.29) is 34.5 Å². The Balaban J connectivity index is 0.00000144. The van der Waals surface area contributed by atoms with Crippen LogP contribution in [0.15, 0.2) is 29.2 Å². The number of hydrogen-bond donors (Lipinski definition) is 0. The predicted octanol–water partition coefficient (Wildman–Crippen LogP) is -0.358. The monoisotopic (exact) mass is 262 g/mol. The Morgan fingerprint density at radius 1 is 1.00 bits per heavy atom. The van der Waals surface area contributed by atoms with E-state index in [4.69, 9.17) is 0 Å². The first-order valence-corrected chi connectivity index (χ1v) is 7.04. The smallest absolute Gasteiger partial charge is 0.744 e. The van der Waals surface area contributed by atoms with Gasteiger partial charge >= 0.3 is 29.6 Å². The maximum absolute atomic E-state index is 10.8. The molecule has 0 N–H and O–H groups in total. The van der Waals surface area contributed by atoms with Crippen LogP contribution in [0.25, 0.3) is 0 Å². The number of benzene rings is 1. The Hall–Kier alpha value is 0.130. The predicted molar refractivity (Wildman–Crippen MR) is 60.2 cm³/mol. The molecule has 1 saturated carbocycles. The Morgan fingerprint density at radius 3 is 2.00 bits per heavy atom. The fourth-order valence-corrected chi connectivity index (χ4v) is 2.81. The zero-order chi connectivity index (χ0) is 11.6. The van der Waals surface area contributed by atoms with Crippen molar-refractivity contribution in [2.75, 3.05) is 0 Å².